The fraction of sp³-hybridized carbons (Fsp3) is 0.250. The van der Waals surface area contributed by atoms with E-state index in [1.807, 2.05) is 0 Å². The highest BCUT2D eigenvalue weighted by Crippen LogP contribution is 2.20. The van der Waals surface area contributed by atoms with Crippen LogP contribution in [-0.4, -0.2) is 37.6 Å². The van der Waals surface area contributed by atoms with Crippen molar-refractivity contribution in [2.24, 2.45) is 0 Å². The second-order valence-corrected chi connectivity index (χ2v) is 6.12. The smallest absolute Gasteiger partial charge is 0.322 e. The number of ether oxygens (including phenoxy) is 2. The molecule has 22 heavy (non-hydrogen) atoms. The minimum Gasteiger partial charge on any atom is -0.467 e. The minimum atomic E-state index is -3.79. The Labute approximate surface area is 132 Å². The van der Waals surface area contributed by atoms with Crippen LogP contribution in [0, 0.1) is 0 Å². The zero-order valence-electron chi connectivity index (χ0n) is 11.8. The van der Waals surface area contributed by atoms with Crippen LogP contribution in [0.2, 0.25) is 5.02 Å². The van der Waals surface area contributed by atoms with Gasteiger partial charge in [0.15, 0.2) is 5.82 Å². The maximum Gasteiger partial charge on any atom is 0.322 e. The molecule has 1 aromatic carbocycles. The molecule has 0 amide bonds. The first-order valence-corrected chi connectivity index (χ1v) is 7.89. The summed E-state index contributed by atoms with van der Waals surface area (Å²) < 4.78 is 36.6. The van der Waals surface area contributed by atoms with Gasteiger partial charge in [0.25, 0.3) is 0 Å². The molecule has 0 saturated heterocycles. The van der Waals surface area contributed by atoms with Crippen LogP contribution in [0.1, 0.15) is 5.82 Å². The average molecular weight is 345 g/mol. The Balaban J connectivity index is 2.21. The van der Waals surface area contributed by atoms with Gasteiger partial charge in [0.05, 0.1) is 25.8 Å². The standard InChI is InChI=1S/C12H13ClN4O4S/c1-20-11-15-10(16-12(17-11)21-2)7-14-22(18,19)9-6-4-3-5-8(9)13/h3-6,14H,7H2,1-2H3. The number of benzene rings is 1. The fourth-order valence-corrected chi connectivity index (χ4v) is 3.04. The number of rotatable bonds is 6. The third-order valence-electron chi connectivity index (χ3n) is 2.55. The molecule has 1 N–H and O–H groups in total. The number of sulfonamides is 1. The van der Waals surface area contributed by atoms with Gasteiger partial charge in [-0.05, 0) is 12.1 Å². The van der Waals surface area contributed by atoms with Gasteiger partial charge < -0.3 is 9.47 Å². The van der Waals surface area contributed by atoms with Gasteiger partial charge in [0.2, 0.25) is 10.0 Å². The van der Waals surface area contributed by atoms with Crippen LogP contribution in [0.25, 0.3) is 0 Å². The summed E-state index contributed by atoms with van der Waals surface area (Å²) >= 11 is 5.89. The summed E-state index contributed by atoms with van der Waals surface area (Å²) in [7, 11) is -1.03. The molecule has 0 unspecified atom stereocenters. The Bertz CT molecular complexity index is 747. The van der Waals surface area contributed by atoms with Crippen molar-refractivity contribution in [2.75, 3.05) is 14.2 Å². The molecule has 1 heterocycles. The van der Waals surface area contributed by atoms with Gasteiger partial charge in [-0.1, -0.05) is 23.7 Å². The van der Waals surface area contributed by atoms with E-state index in [0.717, 1.165) is 0 Å². The number of halogens is 1. The molecular formula is C12H13ClN4O4S. The van der Waals surface area contributed by atoms with E-state index in [1.54, 1.807) is 12.1 Å². The molecule has 8 nitrogen and oxygen atoms in total. The summed E-state index contributed by atoms with van der Waals surface area (Å²) in [6.07, 6.45) is 0. The van der Waals surface area contributed by atoms with Crippen molar-refractivity contribution in [3.63, 3.8) is 0 Å². The molecule has 1 aromatic heterocycles. The van der Waals surface area contributed by atoms with Crippen LogP contribution < -0.4 is 14.2 Å². The first-order chi connectivity index (χ1) is 10.5. The van der Waals surface area contributed by atoms with Crippen molar-refractivity contribution < 1.29 is 17.9 Å². The molecule has 0 spiro atoms. The normalized spacial score (nSPS) is 11.2. The maximum atomic E-state index is 12.2. The molecule has 0 fully saturated rings. The molecule has 0 bridgehead atoms. The van der Waals surface area contributed by atoms with Gasteiger partial charge in [-0.2, -0.15) is 9.97 Å². The molecule has 0 atom stereocenters. The van der Waals surface area contributed by atoms with Gasteiger partial charge >= 0.3 is 12.0 Å². The van der Waals surface area contributed by atoms with Crippen molar-refractivity contribution in [1.82, 2.24) is 19.7 Å². The van der Waals surface area contributed by atoms with Crippen LogP contribution >= 0.6 is 11.6 Å². The second-order valence-electron chi connectivity index (χ2n) is 3.98. The Hall–Kier alpha value is -1.97. The van der Waals surface area contributed by atoms with Gasteiger partial charge in [-0.25, -0.2) is 13.1 Å². The molecule has 0 aliphatic rings. The SMILES string of the molecule is COc1nc(CNS(=O)(=O)c2ccccc2Cl)nc(OC)n1. The van der Waals surface area contributed by atoms with E-state index in [9.17, 15) is 8.42 Å². The van der Waals surface area contributed by atoms with E-state index in [1.165, 1.54) is 26.4 Å². The Morgan fingerprint density at radius 3 is 2.23 bits per heavy atom. The molecule has 2 aromatic rings. The molecule has 10 heteroatoms. The van der Waals surface area contributed by atoms with Crippen molar-refractivity contribution in [3.05, 3.63) is 35.1 Å². The maximum absolute atomic E-state index is 12.2. The summed E-state index contributed by atoms with van der Waals surface area (Å²) in [5, 5.41) is 0.126. The number of aromatic nitrogens is 3. The van der Waals surface area contributed by atoms with Crippen LogP contribution in [0.15, 0.2) is 29.2 Å². The van der Waals surface area contributed by atoms with Crippen molar-refractivity contribution in [2.45, 2.75) is 11.4 Å². The number of hydrogen-bond donors (Lipinski definition) is 1. The summed E-state index contributed by atoms with van der Waals surface area (Å²) in [6, 6.07) is 6.17. The van der Waals surface area contributed by atoms with E-state index in [-0.39, 0.29) is 34.3 Å². The Morgan fingerprint density at radius 1 is 1.09 bits per heavy atom. The van der Waals surface area contributed by atoms with Gasteiger partial charge in [-0.3, -0.25) is 0 Å². The molecule has 0 saturated carbocycles. The van der Waals surface area contributed by atoms with Crippen molar-refractivity contribution in [3.8, 4) is 12.0 Å². The molecular weight excluding hydrogens is 332 g/mol. The highest BCUT2D eigenvalue weighted by Gasteiger charge is 2.18. The summed E-state index contributed by atoms with van der Waals surface area (Å²) in [6.45, 7) is -0.164. The van der Waals surface area contributed by atoms with Crippen LogP contribution in [-0.2, 0) is 16.6 Å². The Morgan fingerprint density at radius 2 is 1.68 bits per heavy atom. The van der Waals surface area contributed by atoms with Gasteiger partial charge in [0.1, 0.15) is 4.90 Å². The first kappa shape index (κ1) is 16.4. The predicted octanol–water partition coefficient (Wildman–Crippen LogP) is 1.02. The Kier molecular flexibility index (Phi) is 5.11. The lowest BCUT2D eigenvalue weighted by atomic mass is 10.4. The van der Waals surface area contributed by atoms with Crippen molar-refractivity contribution >= 4 is 21.6 Å². The van der Waals surface area contributed by atoms with E-state index < -0.39 is 10.0 Å². The van der Waals surface area contributed by atoms with Crippen LogP contribution in [0.3, 0.4) is 0 Å². The molecule has 2 rings (SSSR count). The molecule has 0 radical (unpaired) electrons. The van der Waals surface area contributed by atoms with Crippen LogP contribution in [0.5, 0.6) is 12.0 Å². The second kappa shape index (κ2) is 6.86. The highest BCUT2D eigenvalue weighted by molar-refractivity contribution is 7.89. The van der Waals surface area contributed by atoms with Gasteiger partial charge in [0, 0.05) is 0 Å². The van der Waals surface area contributed by atoms with E-state index in [2.05, 4.69) is 19.7 Å². The minimum absolute atomic E-state index is 0.0235. The summed E-state index contributed by atoms with van der Waals surface area (Å²) in [5.41, 5.74) is 0. The van der Waals surface area contributed by atoms with Crippen molar-refractivity contribution in [1.29, 1.82) is 0 Å². The zero-order valence-corrected chi connectivity index (χ0v) is 13.3. The monoisotopic (exact) mass is 344 g/mol. The first-order valence-electron chi connectivity index (χ1n) is 6.03. The fourth-order valence-electron chi connectivity index (χ4n) is 1.54. The molecule has 0 aliphatic heterocycles. The summed E-state index contributed by atoms with van der Waals surface area (Å²) in [4.78, 5) is 11.7. The number of nitrogens with zero attached hydrogens (tertiary/aromatic N) is 3. The van der Waals surface area contributed by atoms with E-state index >= 15 is 0 Å². The zero-order chi connectivity index (χ0) is 16.2. The third-order valence-corrected chi connectivity index (χ3v) is 4.45. The van der Waals surface area contributed by atoms with E-state index in [4.69, 9.17) is 21.1 Å². The lowest BCUT2D eigenvalue weighted by molar-refractivity contribution is 0.336. The molecule has 0 aliphatic carbocycles. The predicted molar refractivity (Wildman–Crippen MR) is 78.4 cm³/mol. The lowest BCUT2D eigenvalue weighted by Crippen LogP contribution is -2.25. The average Bonchev–Trinajstić information content (AvgIpc) is 2.53. The summed E-state index contributed by atoms with van der Waals surface area (Å²) in [5.74, 6) is 0.152. The van der Waals surface area contributed by atoms with Crippen LogP contribution in [0.4, 0.5) is 0 Å². The molecule has 118 valence electrons. The number of hydrogen-bond acceptors (Lipinski definition) is 7. The van der Waals surface area contributed by atoms with E-state index in [0.29, 0.717) is 0 Å². The van der Waals surface area contributed by atoms with Gasteiger partial charge in [-0.15, -0.1) is 4.98 Å². The third kappa shape index (κ3) is 3.81. The lowest BCUT2D eigenvalue weighted by Gasteiger charge is -2.08. The quantitative estimate of drug-likeness (QED) is 0.834. The number of methoxy groups -OCH3 is 2. The number of nitrogens with one attached hydrogen (secondary N) is 1. The largest absolute Gasteiger partial charge is 0.467 e. The topological polar surface area (TPSA) is 103 Å². The highest BCUT2D eigenvalue weighted by atomic mass is 35.5.